The fraction of sp³-hybridized carbons (Fsp3) is 0.714. The van der Waals surface area contributed by atoms with E-state index in [0.717, 1.165) is 12.8 Å². The van der Waals surface area contributed by atoms with Gasteiger partial charge in [-0.3, -0.25) is 0 Å². The number of nitrogens with two attached hydrogens (primary N) is 2. The first-order valence-corrected chi connectivity index (χ1v) is 6.45. The van der Waals surface area contributed by atoms with Gasteiger partial charge in [0.05, 0.1) is 0 Å². The van der Waals surface area contributed by atoms with Crippen molar-refractivity contribution in [3.8, 4) is 0 Å². The molecule has 0 atom stereocenters. The summed E-state index contributed by atoms with van der Waals surface area (Å²) >= 11 is 0. The predicted molar refractivity (Wildman–Crippen MR) is 75.6 cm³/mol. The summed E-state index contributed by atoms with van der Waals surface area (Å²) < 4.78 is 5.81. The lowest BCUT2D eigenvalue weighted by molar-refractivity contribution is 0.0130. The standard InChI is InChI=1S/C14H27N3O/c1-10(15)6-7-12(16)18-11-8-13(2,3)17-14(4,5)9-11/h6-7,11,17H,8-9,15-16H2,1-5H3/b10-6-,12-7+. The molecule has 1 aliphatic rings. The van der Waals surface area contributed by atoms with Crippen LogP contribution in [0.1, 0.15) is 47.5 Å². The van der Waals surface area contributed by atoms with Crippen molar-refractivity contribution in [3.05, 3.63) is 23.7 Å². The lowest BCUT2D eigenvalue weighted by atomic mass is 9.81. The molecule has 1 saturated heterocycles. The van der Waals surface area contributed by atoms with E-state index in [-0.39, 0.29) is 17.2 Å². The zero-order chi connectivity index (χ0) is 14.0. The summed E-state index contributed by atoms with van der Waals surface area (Å²) in [5.41, 5.74) is 12.2. The third-order valence-electron chi connectivity index (χ3n) is 2.97. The molecule has 0 amide bonds. The molecule has 4 nitrogen and oxygen atoms in total. The topological polar surface area (TPSA) is 73.3 Å². The monoisotopic (exact) mass is 253 g/mol. The van der Waals surface area contributed by atoms with Crippen LogP contribution in [0.3, 0.4) is 0 Å². The van der Waals surface area contributed by atoms with Crippen molar-refractivity contribution in [1.82, 2.24) is 5.32 Å². The van der Waals surface area contributed by atoms with Gasteiger partial charge in [-0.2, -0.15) is 0 Å². The van der Waals surface area contributed by atoms with E-state index in [9.17, 15) is 0 Å². The highest BCUT2D eigenvalue weighted by molar-refractivity contribution is 5.10. The van der Waals surface area contributed by atoms with Gasteiger partial charge >= 0.3 is 0 Å². The van der Waals surface area contributed by atoms with Crippen LogP contribution >= 0.6 is 0 Å². The summed E-state index contributed by atoms with van der Waals surface area (Å²) in [6.07, 6.45) is 5.50. The van der Waals surface area contributed by atoms with Crippen LogP contribution in [0, 0.1) is 0 Å². The summed E-state index contributed by atoms with van der Waals surface area (Å²) in [4.78, 5) is 0. The Kier molecular flexibility index (Phi) is 4.32. The molecule has 0 bridgehead atoms. The lowest BCUT2D eigenvalue weighted by Gasteiger charge is -2.46. The van der Waals surface area contributed by atoms with Gasteiger partial charge in [0.2, 0.25) is 0 Å². The third kappa shape index (κ3) is 5.00. The second-order valence-electron chi connectivity index (χ2n) is 6.52. The van der Waals surface area contributed by atoms with Crippen LogP contribution in [0.5, 0.6) is 0 Å². The SMILES string of the molecule is C/C(N)=C/C=C(\N)OC1CC(C)(C)NC(C)(C)C1. The fourth-order valence-electron chi connectivity index (χ4n) is 2.76. The molecule has 0 aromatic carbocycles. The molecule has 1 rings (SSSR count). The molecule has 1 fully saturated rings. The van der Waals surface area contributed by atoms with Crippen molar-refractivity contribution >= 4 is 0 Å². The Labute approximate surface area is 110 Å². The Morgan fingerprint density at radius 3 is 2.06 bits per heavy atom. The van der Waals surface area contributed by atoms with Crippen LogP contribution in [-0.4, -0.2) is 17.2 Å². The van der Waals surface area contributed by atoms with Gasteiger partial charge in [0.25, 0.3) is 0 Å². The summed E-state index contributed by atoms with van der Waals surface area (Å²) in [5.74, 6) is 0.429. The predicted octanol–water partition coefficient (Wildman–Crippen LogP) is 1.97. The summed E-state index contributed by atoms with van der Waals surface area (Å²) in [6, 6.07) is 0. The first-order chi connectivity index (χ1) is 8.10. The highest BCUT2D eigenvalue weighted by atomic mass is 16.5. The van der Waals surface area contributed by atoms with Gasteiger partial charge in [-0.1, -0.05) is 0 Å². The van der Waals surface area contributed by atoms with Crippen LogP contribution in [0.2, 0.25) is 0 Å². The largest absolute Gasteiger partial charge is 0.476 e. The Bertz CT molecular complexity index is 336. The van der Waals surface area contributed by atoms with Crippen LogP contribution in [0.15, 0.2) is 23.7 Å². The Morgan fingerprint density at radius 2 is 1.61 bits per heavy atom. The average Bonchev–Trinajstić information content (AvgIpc) is 2.09. The van der Waals surface area contributed by atoms with Gasteiger partial charge in [-0.15, -0.1) is 0 Å². The number of rotatable bonds is 3. The molecule has 104 valence electrons. The Hall–Kier alpha value is -1.16. The number of piperidine rings is 1. The second-order valence-corrected chi connectivity index (χ2v) is 6.52. The number of allylic oxidation sites excluding steroid dienone is 3. The molecule has 0 aromatic rings. The van der Waals surface area contributed by atoms with Crippen molar-refractivity contribution in [2.24, 2.45) is 11.5 Å². The van der Waals surface area contributed by atoms with Crippen molar-refractivity contribution in [2.45, 2.75) is 64.6 Å². The van der Waals surface area contributed by atoms with Crippen LogP contribution in [-0.2, 0) is 4.74 Å². The highest BCUT2D eigenvalue weighted by Gasteiger charge is 2.38. The first kappa shape index (κ1) is 14.9. The smallest absolute Gasteiger partial charge is 0.184 e. The summed E-state index contributed by atoms with van der Waals surface area (Å²) in [5, 5.41) is 3.61. The van der Waals surface area contributed by atoms with Crippen molar-refractivity contribution < 1.29 is 4.74 Å². The minimum absolute atomic E-state index is 0.0618. The molecular weight excluding hydrogens is 226 g/mol. The maximum atomic E-state index is 5.85. The van der Waals surface area contributed by atoms with Gasteiger partial charge in [0.15, 0.2) is 5.88 Å². The van der Waals surface area contributed by atoms with Gasteiger partial charge < -0.3 is 21.5 Å². The normalized spacial score (nSPS) is 24.9. The fourth-order valence-corrected chi connectivity index (χ4v) is 2.76. The van der Waals surface area contributed by atoms with Crippen LogP contribution in [0.25, 0.3) is 0 Å². The van der Waals surface area contributed by atoms with Crippen LogP contribution < -0.4 is 16.8 Å². The van der Waals surface area contributed by atoms with E-state index in [0.29, 0.717) is 11.6 Å². The van der Waals surface area contributed by atoms with E-state index in [1.54, 1.807) is 12.2 Å². The zero-order valence-corrected chi connectivity index (χ0v) is 12.2. The molecule has 0 aromatic heterocycles. The number of hydrogen-bond donors (Lipinski definition) is 3. The number of hydrogen-bond acceptors (Lipinski definition) is 4. The number of nitrogens with one attached hydrogen (secondary N) is 1. The van der Waals surface area contributed by atoms with E-state index >= 15 is 0 Å². The Morgan fingerprint density at radius 1 is 1.11 bits per heavy atom. The minimum atomic E-state index is 0.0618. The zero-order valence-electron chi connectivity index (χ0n) is 12.2. The van der Waals surface area contributed by atoms with Gasteiger partial charge in [-0.05, 0) is 46.8 Å². The van der Waals surface area contributed by atoms with Gasteiger partial charge in [0.1, 0.15) is 6.10 Å². The quantitative estimate of drug-likeness (QED) is 0.531. The molecule has 4 heteroatoms. The minimum Gasteiger partial charge on any atom is -0.476 e. The van der Waals surface area contributed by atoms with Crippen molar-refractivity contribution in [3.63, 3.8) is 0 Å². The molecule has 5 N–H and O–H groups in total. The maximum absolute atomic E-state index is 5.85. The molecule has 1 heterocycles. The lowest BCUT2D eigenvalue weighted by Crippen LogP contribution is -2.59. The van der Waals surface area contributed by atoms with Gasteiger partial charge in [0, 0.05) is 29.6 Å². The molecule has 0 unspecified atom stereocenters. The van der Waals surface area contributed by atoms with Crippen molar-refractivity contribution in [1.29, 1.82) is 0 Å². The second kappa shape index (κ2) is 5.22. The molecule has 18 heavy (non-hydrogen) atoms. The highest BCUT2D eigenvalue weighted by Crippen LogP contribution is 2.30. The summed E-state index contributed by atoms with van der Waals surface area (Å²) in [6.45, 7) is 10.6. The molecule has 0 saturated carbocycles. The first-order valence-electron chi connectivity index (χ1n) is 6.45. The average molecular weight is 253 g/mol. The maximum Gasteiger partial charge on any atom is 0.184 e. The molecular formula is C14H27N3O. The molecule has 1 aliphatic heterocycles. The van der Waals surface area contributed by atoms with E-state index in [4.69, 9.17) is 16.2 Å². The number of ether oxygens (including phenoxy) is 1. The molecule has 0 spiro atoms. The van der Waals surface area contributed by atoms with Gasteiger partial charge in [-0.25, -0.2) is 0 Å². The molecule has 0 aliphatic carbocycles. The van der Waals surface area contributed by atoms with E-state index in [1.165, 1.54) is 0 Å². The van der Waals surface area contributed by atoms with E-state index in [2.05, 4.69) is 33.0 Å². The van der Waals surface area contributed by atoms with E-state index in [1.807, 2.05) is 6.92 Å². The molecule has 0 radical (unpaired) electrons. The van der Waals surface area contributed by atoms with E-state index < -0.39 is 0 Å². The third-order valence-corrected chi connectivity index (χ3v) is 2.97. The summed E-state index contributed by atoms with van der Waals surface area (Å²) in [7, 11) is 0. The van der Waals surface area contributed by atoms with Crippen LogP contribution in [0.4, 0.5) is 0 Å². The van der Waals surface area contributed by atoms with Crippen molar-refractivity contribution in [2.75, 3.05) is 0 Å². The Balaban J connectivity index is 2.67.